The van der Waals surface area contributed by atoms with Crippen LogP contribution in [0.25, 0.3) is 0 Å². The standard InChI is InChI=1S/C12H14S/c1-5-9-10(6-2)12(8-4)13-11(9)7-3/h5-8,11-12H,1-4H2. The van der Waals surface area contributed by atoms with Crippen molar-refractivity contribution in [2.45, 2.75) is 10.5 Å². The number of hydrogen-bond acceptors (Lipinski definition) is 1. The molecule has 0 aromatic rings. The summed E-state index contributed by atoms with van der Waals surface area (Å²) in [5.41, 5.74) is 2.44. The topological polar surface area (TPSA) is 0 Å². The Morgan fingerprint density at radius 3 is 1.46 bits per heavy atom. The molecule has 0 saturated carbocycles. The first-order chi connectivity index (χ1) is 6.28. The molecule has 0 aromatic heterocycles. The van der Waals surface area contributed by atoms with Crippen molar-refractivity contribution in [3.8, 4) is 0 Å². The lowest BCUT2D eigenvalue weighted by Crippen LogP contribution is -1.95. The molecule has 0 fully saturated rings. The van der Waals surface area contributed by atoms with Crippen LogP contribution in [0.2, 0.25) is 0 Å². The fraction of sp³-hybridized carbons (Fsp3) is 0.167. The summed E-state index contributed by atoms with van der Waals surface area (Å²) in [6.07, 6.45) is 7.66. The average molecular weight is 190 g/mol. The zero-order valence-electron chi connectivity index (χ0n) is 7.70. The second-order valence-corrected chi connectivity index (χ2v) is 4.06. The predicted octanol–water partition coefficient (Wildman–Crippen LogP) is 3.51. The molecule has 0 bridgehead atoms. The lowest BCUT2D eigenvalue weighted by molar-refractivity contribution is 1.27. The zero-order chi connectivity index (χ0) is 9.84. The van der Waals surface area contributed by atoms with Crippen LogP contribution >= 0.6 is 11.8 Å². The van der Waals surface area contributed by atoms with Gasteiger partial charge in [-0.2, -0.15) is 0 Å². The molecule has 68 valence electrons. The molecule has 0 spiro atoms. The summed E-state index contributed by atoms with van der Waals surface area (Å²) < 4.78 is 0. The Bertz CT molecular complexity index is 255. The molecule has 0 saturated heterocycles. The van der Waals surface area contributed by atoms with E-state index in [1.54, 1.807) is 0 Å². The number of rotatable bonds is 4. The van der Waals surface area contributed by atoms with Gasteiger partial charge in [0.05, 0.1) is 0 Å². The SMILES string of the molecule is C=CC1=C(C=C)C(C=C)SC1C=C. The Kier molecular flexibility index (Phi) is 3.38. The molecule has 0 amide bonds. The summed E-state index contributed by atoms with van der Waals surface area (Å²) in [6, 6.07) is 0. The van der Waals surface area contributed by atoms with E-state index < -0.39 is 0 Å². The van der Waals surface area contributed by atoms with E-state index >= 15 is 0 Å². The average Bonchev–Trinajstić information content (AvgIpc) is 2.54. The minimum Gasteiger partial charge on any atom is -0.137 e. The molecule has 1 aliphatic heterocycles. The predicted molar refractivity (Wildman–Crippen MR) is 63.0 cm³/mol. The Morgan fingerprint density at radius 1 is 0.846 bits per heavy atom. The van der Waals surface area contributed by atoms with Gasteiger partial charge in [-0.25, -0.2) is 0 Å². The van der Waals surface area contributed by atoms with E-state index in [9.17, 15) is 0 Å². The van der Waals surface area contributed by atoms with Gasteiger partial charge in [-0.1, -0.05) is 37.5 Å². The van der Waals surface area contributed by atoms with Crippen LogP contribution in [-0.4, -0.2) is 10.5 Å². The Morgan fingerprint density at radius 2 is 1.23 bits per heavy atom. The first-order valence-electron chi connectivity index (χ1n) is 4.18. The van der Waals surface area contributed by atoms with Gasteiger partial charge in [0.15, 0.2) is 0 Å². The van der Waals surface area contributed by atoms with E-state index in [0.29, 0.717) is 10.5 Å². The molecule has 1 rings (SSSR count). The van der Waals surface area contributed by atoms with E-state index in [1.165, 1.54) is 11.1 Å². The molecule has 0 N–H and O–H groups in total. The maximum atomic E-state index is 3.81. The Balaban J connectivity index is 3.11. The number of thioether (sulfide) groups is 1. The fourth-order valence-corrected chi connectivity index (χ4v) is 2.76. The van der Waals surface area contributed by atoms with Crippen LogP contribution in [0, 0.1) is 0 Å². The van der Waals surface area contributed by atoms with Crippen molar-refractivity contribution in [1.29, 1.82) is 0 Å². The molecule has 0 nitrogen and oxygen atoms in total. The fourth-order valence-electron chi connectivity index (χ4n) is 1.47. The van der Waals surface area contributed by atoms with Crippen LogP contribution < -0.4 is 0 Å². The van der Waals surface area contributed by atoms with Crippen molar-refractivity contribution in [1.82, 2.24) is 0 Å². The van der Waals surface area contributed by atoms with E-state index in [0.717, 1.165) is 0 Å². The van der Waals surface area contributed by atoms with Crippen molar-refractivity contribution >= 4 is 11.8 Å². The smallest absolute Gasteiger partial charge is 0.0487 e. The third-order valence-electron chi connectivity index (χ3n) is 2.11. The lowest BCUT2D eigenvalue weighted by atomic mass is 10.0. The number of hydrogen-bond donors (Lipinski definition) is 0. The van der Waals surface area contributed by atoms with Gasteiger partial charge in [-0.15, -0.1) is 24.9 Å². The number of allylic oxidation sites excluding steroid dienone is 2. The van der Waals surface area contributed by atoms with Crippen molar-refractivity contribution in [3.63, 3.8) is 0 Å². The van der Waals surface area contributed by atoms with E-state index in [2.05, 4.69) is 26.3 Å². The molecular formula is C12H14S. The summed E-state index contributed by atoms with van der Waals surface area (Å²) in [5, 5.41) is 0.682. The highest BCUT2D eigenvalue weighted by atomic mass is 32.2. The van der Waals surface area contributed by atoms with Crippen molar-refractivity contribution in [3.05, 3.63) is 61.8 Å². The molecule has 2 unspecified atom stereocenters. The van der Waals surface area contributed by atoms with Crippen LogP contribution in [0.5, 0.6) is 0 Å². The van der Waals surface area contributed by atoms with Crippen LogP contribution in [0.4, 0.5) is 0 Å². The van der Waals surface area contributed by atoms with E-state index in [-0.39, 0.29) is 0 Å². The third kappa shape index (κ3) is 1.70. The molecule has 1 aliphatic rings. The van der Waals surface area contributed by atoms with Crippen molar-refractivity contribution in [2.24, 2.45) is 0 Å². The molecular weight excluding hydrogens is 176 g/mol. The summed E-state index contributed by atoms with van der Waals surface area (Å²) in [5.74, 6) is 0. The Labute approximate surface area is 84.4 Å². The van der Waals surface area contributed by atoms with Gasteiger partial charge in [-0.3, -0.25) is 0 Å². The molecule has 0 aliphatic carbocycles. The maximum Gasteiger partial charge on any atom is 0.0487 e. The van der Waals surface area contributed by atoms with Gasteiger partial charge in [0.2, 0.25) is 0 Å². The van der Waals surface area contributed by atoms with Crippen molar-refractivity contribution in [2.75, 3.05) is 0 Å². The molecule has 1 heteroatoms. The summed E-state index contributed by atoms with van der Waals surface area (Å²) in [4.78, 5) is 0. The second kappa shape index (κ2) is 4.33. The minimum atomic E-state index is 0.341. The van der Waals surface area contributed by atoms with Gasteiger partial charge in [0, 0.05) is 10.5 Å². The van der Waals surface area contributed by atoms with Gasteiger partial charge < -0.3 is 0 Å². The Hall–Kier alpha value is -0.950. The highest BCUT2D eigenvalue weighted by Crippen LogP contribution is 2.40. The van der Waals surface area contributed by atoms with E-state index in [1.807, 2.05) is 36.1 Å². The van der Waals surface area contributed by atoms with Crippen LogP contribution in [0.15, 0.2) is 61.8 Å². The lowest BCUT2D eigenvalue weighted by Gasteiger charge is -2.05. The molecule has 2 atom stereocenters. The summed E-state index contributed by atoms with van der Waals surface area (Å²) >= 11 is 1.82. The molecule has 0 aromatic carbocycles. The maximum absolute atomic E-state index is 3.81. The highest BCUT2D eigenvalue weighted by molar-refractivity contribution is 8.01. The molecule has 0 radical (unpaired) electrons. The normalized spacial score (nSPS) is 27.1. The molecule has 13 heavy (non-hydrogen) atoms. The van der Waals surface area contributed by atoms with Gasteiger partial charge in [0.25, 0.3) is 0 Å². The first-order valence-corrected chi connectivity index (χ1v) is 5.12. The minimum absolute atomic E-state index is 0.341. The summed E-state index contributed by atoms with van der Waals surface area (Å²) in [7, 11) is 0. The first kappa shape index (κ1) is 10.1. The largest absolute Gasteiger partial charge is 0.137 e. The monoisotopic (exact) mass is 190 g/mol. The highest BCUT2D eigenvalue weighted by Gasteiger charge is 2.27. The third-order valence-corrected chi connectivity index (χ3v) is 3.59. The van der Waals surface area contributed by atoms with E-state index in [4.69, 9.17) is 0 Å². The second-order valence-electron chi connectivity index (χ2n) is 2.77. The van der Waals surface area contributed by atoms with Crippen molar-refractivity contribution < 1.29 is 0 Å². The summed E-state index contributed by atoms with van der Waals surface area (Å²) in [6.45, 7) is 15.2. The van der Waals surface area contributed by atoms with Crippen LogP contribution in [0.3, 0.4) is 0 Å². The zero-order valence-corrected chi connectivity index (χ0v) is 8.52. The van der Waals surface area contributed by atoms with Crippen LogP contribution in [0.1, 0.15) is 0 Å². The quantitative estimate of drug-likeness (QED) is 0.611. The van der Waals surface area contributed by atoms with Gasteiger partial charge >= 0.3 is 0 Å². The van der Waals surface area contributed by atoms with Gasteiger partial charge in [-0.05, 0) is 11.1 Å². The molecule has 1 heterocycles. The van der Waals surface area contributed by atoms with Gasteiger partial charge in [0.1, 0.15) is 0 Å². The van der Waals surface area contributed by atoms with Crippen LogP contribution in [-0.2, 0) is 0 Å².